The molecule has 0 spiro atoms. The first-order valence-corrected chi connectivity index (χ1v) is 8.09. The Morgan fingerprint density at radius 2 is 1.50 bits per heavy atom. The van der Waals surface area contributed by atoms with Crippen LogP contribution >= 0.6 is 0 Å². The summed E-state index contributed by atoms with van der Waals surface area (Å²) in [5, 5.41) is 3.39. The van der Waals surface area contributed by atoms with Crippen molar-refractivity contribution in [3.8, 4) is 0 Å². The first kappa shape index (κ1) is 12.9. The second-order valence-corrected chi connectivity index (χ2v) is 6.51. The fourth-order valence-corrected chi connectivity index (χ4v) is 3.75. The number of hydrogen-bond acceptors (Lipinski definition) is 3. The molecule has 2 saturated heterocycles. The van der Waals surface area contributed by atoms with Gasteiger partial charge in [0.2, 0.25) is 0 Å². The van der Waals surface area contributed by atoms with Gasteiger partial charge in [0.05, 0.1) is 0 Å². The summed E-state index contributed by atoms with van der Waals surface area (Å²) in [6.45, 7) is 9.07. The zero-order valence-electron chi connectivity index (χ0n) is 11.7. The molecule has 0 amide bonds. The van der Waals surface area contributed by atoms with E-state index in [4.69, 9.17) is 0 Å². The molecule has 3 rings (SSSR count). The highest BCUT2D eigenvalue weighted by molar-refractivity contribution is 4.87. The summed E-state index contributed by atoms with van der Waals surface area (Å²) in [5.74, 6) is 1.00. The minimum absolute atomic E-state index is 0.852. The van der Waals surface area contributed by atoms with E-state index in [2.05, 4.69) is 15.1 Å². The van der Waals surface area contributed by atoms with Crippen molar-refractivity contribution >= 4 is 0 Å². The molecule has 0 unspecified atom stereocenters. The Balaban J connectivity index is 1.39. The molecule has 2 heterocycles. The van der Waals surface area contributed by atoms with Gasteiger partial charge < -0.3 is 10.2 Å². The number of nitrogens with one attached hydrogen (secondary N) is 1. The maximum atomic E-state index is 3.39. The molecule has 0 atom stereocenters. The zero-order valence-corrected chi connectivity index (χ0v) is 11.7. The highest BCUT2D eigenvalue weighted by Gasteiger charge is 2.28. The second-order valence-electron chi connectivity index (χ2n) is 6.51. The fraction of sp³-hybridized carbons (Fsp3) is 1.00. The molecule has 3 aliphatic rings. The summed E-state index contributed by atoms with van der Waals surface area (Å²) >= 11 is 0. The first-order chi connectivity index (χ1) is 8.92. The maximum Gasteiger partial charge on any atom is 0.0346 e. The van der Waals surface area contributed by atoms with Crippen LogP contribution in [0.1, 0.15) is 38.5 Å². The molecule has 0 radical (unpaired) electrons. The second kappa shape index (κ2) is 6.36. The Kier molecular flexibility index (Phi) is 4.55. The van der Waals surface area contributed by atoms with Crippen molar-refractivity contribution in [1.82, 2.24) is 15.1 Å². The van der Waals surface area contributed by atoms with E-state index in [-0.39, 0.29) is 0 Å². The van der Waals surface area contributed by atoms with Crippen LogP contribution in [-0.4, -0.2) is 61.7 Å². The highest BCUT2D eigenvalue weighted by atomic mass is 15.3. The monoisotopic (exact) mass is 251 g/mol. The highest BCUT2D eigenvalue weighted by Crippen LogP contribution is 2.24. The summed E-state index contributed by atoms with van der Waals surface area (Å²) in [4.78, 5) is 5.43. The Labute approximate surface area is 112 Å². The molecule has 1 N–H and O–H groups in total. The van der Waals surface area contributed by atoms with Gasteiger partial charge in [0, 0.05) is 51.9 Å². The standard InChI is InChI=1S/C15H29N3/c1-2-4-6-14(5-3-1)13-17-7-9-18(10-8-17)15-11-16-12-15/h14-16H,1-13H2. The van der Waals surface area contributed by atoms with Crippen LogP contribution in [0.15, 0.2) is 0 Å². The smallest absolute Gasteiger partial charge is 0.0346 e. The molecule has 18 heavy (non-hydrogen) atoms. The molecule has 3 heteroatoms. The van der Waals surface area contributed by atoms with E-state index in [0.717, 1.165) is 12.0 Å². The van der Waals surface area contributed by atoms with Gasteiger partial charge in [0.1, 0.15) is 0 Å². The molecule has 0 aromatic carbocycles. The minimum Gasteiger partial charge on any atom is -0.314 e. The van der Waals surface area contributed by atoms with Crippen LogP contribution in [-0.2, 0) is 0 Å². The van der Waals surface area contributed by atoms with Crippen LogP contribution in [0.3, 0.4) is 0 Å². The third-order valence-corrected chi connectivity index (χ3v) is 5.17. The normalized spacial score (nSPS) is 30.0. The van der Waals surface area contributed by atoms with Gasteiger partial charge in [-0.1, -0.05) is 25.7 Å². The van der Waals surface area contributed by atoms with Gasteiger partial charge in [-0.05, 0) is 18.8 Å². The molecular weight excluding hydrogens is 222 g/mol. The number of piperazine rings is 1. The third-order valence-electron chi connectivity index (χ3n) is 5.17. The zero-order chi connectivity index (χ0) is 12.2. The summed E-state index contributed by atoms with van der Waals surface area (Å²) in [6, 6.07) is 0.852. The van der Waals surface area contributed by atoms with E-state index < -0.39 is 0 Å². The van der Waals surface area contributed by atoms with Crippen LogP contribution in [0, 0.1) is 5.92 Å². The van der Waals surface area contributed by atoms with Crippen molar-refractivity contribution in [1.29, 1.82) is 0 Å². The molecule has 0 aromatic heterocycles. The topological polar surface area (TPSA) is 18.5 Å². The third kappa shape index (κ3) is 3.25. The fourth-order valence-electron chi connectivity index (χ4n) is 3.75. The van der Waals surface area contributed by atoms with Gasteiger partial charge in [0.15, 0.2) is 0 Å². The van der Waals surface area contributed by atoms with Gasteiger partial charge in [-0.2, -0.15) is 0 Å². The molecular formula is C15H29N3. The predicted octanol–water partition coefficient (Wildman–Crippen LogP) is 1.55. The Bertz CT molecular complexity index is 236. The summed E-state index contributed by atoms with van der Waals surface area (Å²) in [7, 11) is 0. The molecule has 0 bridgehead atoms. The van der Waals surface area contributed by atoms with Crippen molar-refractivity contribution < 1.29 is 0 Å². The van der Waals surface area contributed by atoms with Crippen LogP contribution in [0.5, 0.6) is 0 Å². The molecule has 1 saturated carbocycles. The van der Waals surface area contributed by atoms with E-state index >= 15 is 0 Å². The van der Waals surface area contributed by atoms with Crippen molar-refractivity contribution in [3.05, 3.63) is 0 Å². The van der Waals surface area contributed by atoms with E-state index in [1.54, 1.807) is 0 Å². The lowest BCUT2D eigenvalue weighted by atomic mass is 9.99. The van der Waals surface area contributed by atoms with Crippen LogP contribution in [0.25, 0.3) is 0 Å². The first-order valence-electron chi connectivity index (χ1n) is 8.09. The van der Waals surface area contributed by atoms with Crippen molar-refractivity contribution in [3.63, 3.8) is 0 Å². The molecule has 1 aliphatic carbocycles. The predicted molar refractivity (Wildman–Crippen MR) is 75.9 cm³/mol. The van der Waals surface area contributed by atoms with Crippen LogP contribution in [0.2, 0.25) is 0 Å². The molecule has 3 nitrogen and oxygen atoms in total. The van der Waals surface area contributed by atoms with Crippen LogP contribution < -0.4 is 5.32 Å². The lowest BCUT2D eigenvalue weighted by molar-refractivity contribution is 0.0640. The largest absolute Gasteiger partial charge is 0.314 e. The SMILES string of the molecule is C1CCCC(CN2CCN(C3CNC3)CC2)CC1. The quantitative estimate of drug-likeness (QED) is 0.768. The number of hydrogen-bond donors (Lipinski definition) is 1. The van der Waals surface area contributed by atoms with Gasteiger partial charge >= 0.3 is 0 Å². The number of nitrogens with zero attached hydrogens (tertiary/aromatic N) is 2. The van der Waals surface area contributed by atoms with E-state index in [9.17, 15) is 0 Å². The molecule has 3 fully saturated rings. The van der Waals surface area contributed by atoms with Crippen molar-refractivity contribution in [2.75, 3.05) is 45.8 Å². The van der Waals surface area contributed by atoms with Crippen LogP contribution in [0.4, 0.5) is 0 Å². The average molecular weight is 251 g/mol. The van der Waals surface area contributed by atoms with Gasteiger partial charge in [0.25, 0.3) is 0 Å². The molecule has 0 aromatic rings. The van der Waals surface area contributed by atoms with Crippen molar-refractivity contribution in [2.45, 2.75) is 44.6 Å². The van der Waals surface area contributed by atoms with Gasteiger partial charge in [-0.3, -0.25) is 4.90 Å². The maximum absolute atomic E-state index is 3.39. The average Bonchev–Trinajstić information content (AvgIpc) is 2.58. The van der Waals surface area contributed by atoms with Gasteiger partial charge in [-0.15, -0.1) is 0 Å². The summed E-state index contributed by atoms with van der Waals surface area (Å²) < 4.78 is 0. The lowest BCUT2D eigenvalue weighted by Gasteiger charge is -2.43. The Morgan fingerprint density at radius 3 is 2.06 bits per heavy atom. The Morgan fingerprint density at radius 1 is 0.833 bits per heavy atom. The van der Waals surface area contributed by atoms with E-state index in [1.807, 2.05) is 0 Å². The lowest BCUT2D eigenvalue weighted by Crippen LogP contribution is -2.61. The number of rotatable bonds is 3. The molecule has 104 valence electrons. The van der Waals surface area contributed by atoms with Crippen molar-refractivity contribution in [2.24, 2.45) is 5.92 Å². The van der Waals surface area contributed by atoms with Gasteiger partial charge in [-0.25, -0.2) is 0 Å². The Hall–Kier alpha value is -0.120. The summed E-state index contributed by atoms with van der Waals surface area (Å²) in [6.07, 6.45) is 8.92. The molecule has 2 aliphatic heterocycles. The minimum atomic E-state index is 0.852. The summed E-state index contributed by atoms with van der Waals surface area (Å²) in [5.41, 5.74) is 0. The van der Waals surface area contributed by atoms with E-state index in [0.29, 0.717) is 0 Å². The van der Waals surface area contributed by atoms with E-state index in [1.165, 1.54) is 84.3 Å².